The molecule has 0 aromatic heterocycles. The molecule has 0 bridgehead atoms. The second-order valence-corrected chi connectivity index (χ2v) is 12.2. The van der Waals surface area contributed by atoms with E-state index in [-0.39, 0.29) is 30.3 Å². The number of hydrogen-bond acceptors (Lipinski definition) is 6. The number of aliphatic hydroxyl groups excluding tert-OH is 1. The molecule has 3 aromatic rings. The Kier molecular flexibility index (Phi) is 9.02. The second-order valence-electron chi connectivity index (χ2n) is 11.8. The molecular formula is C34H39ClN2O6. The third-order valence-electron chi connectivity index (χ3n) is 8.64. The Balaban J connectivity index is 1.50. The van der Waals surface area contributed by atoms with Crippen LogP contribution in [0.25, 0.3) is 0 Å². The standard InChI is InChI=1S/C34H39ClN2O6/c1-21(2)43-30-19-28-23(17-29(30)42-4)18-31(39)37(33(28)22-5-9-26(35)10-6-22)27-11-7-24(8-12-27)34(3,41)25-13-15-36(16-14-25)32(40)20-38/h5-12,17,19,21,25,33,38,41H,13-16,18,20H2,1-4H3/t33-,34+/m0/s1. The van der Waals surface area contributed by atoms with Crippen molar-refractivity contribution >= 4 is 29.1 Å². The van der Waals surface area contributed by atoms with Crippen molar-refractivity contribution in [2.24, 2.45) is 5.92 Å². The summed E-state index contributed by atoms with van der Waals surface area (Å²) in [6, 6.07) is 18.5. The van der Waals surface area contributed by atoms with Crippen LogP contribution < -0.4 is 14.4 Å². The predicted molar refractivity (Wildman–Crippen MR) is 166 cm³/mol. The lowest BCUT2D eigenvalue weighted by atomic mass is 9.77. The number of ether oxygens (including phenoxy) is 2. The number of likely N-dealkylation sites (tertiary alicyclic amines) is 1. The smallest absolute Gasteiger partial charge is 0.248 e. The molecular weight excluding hydrogens is 568 g/mol. The maximum atomic E-state index is 13.8. The topological polar surface area (TPSA) is 99.5 Å². The molecule has 1 saturated heterocycles. The Morgan fingerprint density at radius 1 is 1.05 bits per heavy atom. The van der Waals surface area contributed by atoms with Crippen LogP contribution in [-0.2, 0) is 21.6 Å². The Morgan fingerprint density at radius 3 is 2.28 bits per heavy atom. The highest BCUT2D eigenvalue weighted by atomic mass is 35.5. The average Bonchev–Trinajstić information content (AvgIpc) is 3.00. The van der Waals surface area contributed by atoms with Crippen LogP contribution in [-0.4, -0.2) is 59.8 Å². The molecule has 2 aliphatic heterocycles. The van der Waals surface area contributed by atoms with Crippen molar-refractivity contribution in [2.75, 3.05) is 31.7 Å². The molecule has 2 amide bonds. The number of nitrogens with zero attached hydrogens (tertiary/aromatic N) is 2. The van der Waals surface area contributed by atoms with Gasteiger partial charge < -0.3 is 29.5 Å². The van der Waals surface area contributed by atoms with Gasteiger partial charge in [-0.05, 0) is 98.2 Å². The SMILES string of the molecule is COc1cc2c(cc1OC(C)C)[C@H](c1ccc(Cl)cc1)N(c1ccc([C@@](C)(O)C3CCN(C(=O)CO)CC3)cc1)C(=O)C2. The van der Waals surface area contributed by atoms with Crippen molar-refractivity contribution in [1.29, 1.82) is 0 Å². The summed E-state index contributed by atoms with van der Waals surface area (Å²) in [4.78, 5) is 29.2. The van der Waals surface area contributed by atoms with Gasteiger partial charge in [-0.2, -0.15) is 0 Å². The minimum absolute atomic E-state index is 0.0548. The number of carbonyl (C=O) groups is 2. The number of halogens is 1. The number of aliphatic hydroxyl groups is 2. The van der Waals surface area contributed by atoms with E-state index in [1.807, 2.05) is 74.5 Å². The predicted octanol–water partition coefficient (Wildman–Crippen LogP) is 5.25. The van der Waals surface area contributed by atoms with Gasteiger partial charge in [0.25, 0.3) is 0 Å². The van der Waals surface area contributed by atoms with Gasteiger partial charge in [0, 0.05) is 23.8 Å². The zero-order valence-electron chi connectivity index (χ0n) is 25.0. The zero-order valence-corrected chi connectivity index (χ0v) is 25.8. The van der Waals surface area contributed by atoms with Crippen molar-refractivity contribution in [3.63, 3.8) is 0 Å². The molecule has 2 heterocycles. The van der Waals surface area contributed by atoms with Gasteiger partial charge in [-0.15, -0.1) is 0 Å². The van der Waals surface area contributed by atoms with Gasteiger partial charge in [-0.25, -0.2) is 0 Å². The van der Waals surface area contributed by atoms with Gasteiger partial charge in [0.05, 0.1) is 31.3 Å². The van der Waals surface area contributed by atoms with E-state index in [1.54, 1.807) is 23.8 Å². The molecule has 2 atom stereocenters. The van der Waals surface area contributed by atoms with E-state index in [2.05, 4.69) is 0 Å². The first kappa shape index (κ1) is 30.9. The lowest BCUT2D eigenvalue weighted by molar-refractivity contribution is -0.137. The molecule has 8 nitrogen and oxygen atoms in total. The van der Waals surface area contributed by atoms with Crippen molar-refractivity contribution in [2.45, 2.75) is 57.8 Å². The molecule has 5 rings (SSSR count). The van der Waals surface area contributed by atoms with E-state index in [4.69, 9.17) is 21.1 Å². The highest BCUT2D eigenvalue weighted by Gasteiger charge is 2.39. The second kappa shape index (κ2) is 12.6. The highest BCUT2D eigenvalue weighted by molar-refractivity contribution is 6.30. The molecule has 2 aliphatic rings. The fourth-order valence-electron chi connectivity index (χ4n) is 6.32. The summed E-state index contributed by atoms with van der Waals surface area (Å²) < 4.78 is 11.7. The third kappa shape index (κ3) is 6.23. The molecule has 1 fully saturated rings. The zero-order chi connectivity index (χ0) is 30.9. The number of rotatable bonds is 8. The summed E-state index contributed by atoms with van der Waals surface area (Å²) in [5.74, 6) is 0.796. The number of fused-ring (bicyclic) bond motifs is 1. The molecule has 0 unspecified atom stereocenters. The van der Waals surface area contributed by atoms with E-state index in [1.165, 1.54) is 0 Å². The first-order valence-electron chi connectivity index (χ1n) is 14.7. The summed E-state index contributed by atoms with van der Waals surface area (Å²) in [6.45, 7) is 6.21. The van der Waals surface area contributed by atoms with Crippen LogP contribution in [0.5, 0.6) is 11.5 Å². The molecule has 0 spiro atoms. The quantitative estimate of drug-likeness (QED) is 0.363. The van der Waals surface area contributed by atoms with Crippen LogP contribution in [0.1, 0.15) is 61.9 Å². The molecule has 3 aromatic carbocycles. The van der Waals surface area contributed by atoms with Crippen LogP contribution in [0.2, 0.25) is 5.02 Å². The first-order chi connectivity index (χ1) is 20.5. The van der Waals surface area contributed by atoms with Crippen LogP contribution in [0.3, 0.4) is 0 Å². The summed E-state index contributed by atoms with van der Waals surface area (Å²) in [6.07, 6.45) is 1.39. The molecule has 228 valence electrons. The molecule has 0 radical (unpaired) electrons. The number of amides is 2. The Hall–Kier alpha value is -3.59. The van der Waals surface area contributed by atoms with Crippen LogP contribution >= 0.6 is 11.6 Å². The molecule has 0 aliphatic carbocycles. The van der Waals surface area contributed by atoms with Crippen LogP contribution in [0, 0.1) is 5.92 Å². The van der Waals surface area contributed by atoms with E-state index in [0.717, 1.165) is 22.3 Å². The average molecular weight is 607 g/mol. The van der Waals surface area contributed by atoms with Crippen molar-refractivity contribution < 1.29 is 29.3 Å². The fraction of sp³-hybridized carbons (Fsp3) is 0.412. The number of piperidine rings is 1. The Morgan fingerprint density at radius 2 is 1.70 bits per heavy atom. The summed E-state index contributed by atoms with van der Waals surface area (Å²) in [7, 11) is 1.59. The van der Waals surface area contributed by atoms with Gasteiger partial charge in [-0.1, -0.05) is 35.9 Å². The van der Waals surface area contributed by atoms with E-state index in [0.29, 0.717) is 48.1 Å². The number of anilines is 1. The largest absolute Gasteiger partial charge is 0.493 e. The fourth-order valence-corrected chi connectivity index (χ4v) is 6.44. The monoisotopic (exact) mass is 606 g/mol. The third-order valence-corrected chi connectivity index (χ3v) is 8.90. The molecule has 2 N–H and O–H groups in total. The Labute approximate surface area is 257 Å². The number of methoxy groups -OCH3 is 1. The van der Waals surface area contributed by atoms with Crippen molar-refractivity contribution in [3.8, 4) is 11.5 Å². The lowest BCUT2D eigenvalue weighted by Crippen LogP contribution is -2.45. The van der Waals surface area contributed by atoms with Gasteiger partial charge in [0.1, 0.15) is 6.61 Å². The summed E-state index contributed by atoms with van der Waals surface area (Å²) in [5.41, 5.74) is 3.05. The minimum Gasteiger partial charge on any atom is -0.493 e. The summed E-state index contributed by atoms with van der Waals surface area (Å²) >= 11 is 6.24. The highest BCUT2D eigenvalue weighted by Crippen LogP contribution is 2.44. The molecule has 43 heavy (non-hydrogen) atoms. The number of carbonyl (C=O) groups excluding carboxylic acids is 2. The van der Waals surface area contributed by atoms with Gasteiger partial charge in [-0.3, -0.25) is 9.59 Å². The van der Waals surface area contributed by atoms with Crippen molar-refractivity contribution in [3.05, 3.63) is 87.9 Å². The van der Waals surface area contributed by atoms with Gasteiger partial charge >= 0.3 is 0 Å². The van der Waals surface area contributed by atoms with E-state index < -0.39 is 18.2 Å². The Bertz CT molecular complexity index is 1460. The van der Waals surface area contributed by atoms with Gasteiger partial charge in [0.2, 0.25) is 11.8 Å². The first-order valence-corrected chi connectivity index (χ1v) is 15.1. The minimum atomic E-state index is -1.12. The van der Waals surface area contributed by atoms with E-state index in [9.17, 15) is 19.8 Å². The maximum absolute atomic E-state index is 13.8. The lowest BCUT2D eigenvalue weighted by Gasteiger charge is -2.40. The molecule has 9 heteroatoms. The molecule has 0 saturated carbocycles. The van der Waals surface area contributed by atoms with Gasteiger partial charge in [0.15, 0.2) is 11.5 Å². The van der Waals surface area contributed by atoms with Crippen LogP contribution in [0.4, 0.5) is 5.69 Å². The number of benzene rings is 3. The normalized spacial score (nSPS) is 18.8. The van der Waals surface area contributed by atoms with E-state index >= 15 is 0 Å². The number of hydrogen-bond donors (Lipinski definition) is 2. The maximum Gasteiger partial charge on any atom is 0.248 e. The van der Waals surface area contributed by atoms with Crippen molar-refractivity contribution in [1.82, 2.24) is 4.90 Å². The summed E-state index contributed by atoms with van der Waals surface area (Å²) in [5, 5.41) is 21.4. The van der Waals surface area contributed by atoms with Crippen LogP contribution in [0.15, 0.2) is 60.7 Å².